The van der Waals surface area contributed by atoms with Crippen LogP contribution in [0.2, 0.25) is 0 Å². The van der Waals surface area contributed by atoms with Gasteiger partial charge in [-0.2, -0.15) is 5.10 Å². The van der Waals surface area contributed by atoms with Gasteiger partial charge in [-0.1, -0.05) is 30.3 Å². The summed E-state index contributed by atoms with van der Waals surface area (Å²) < 4.78 is 29.5. The van der Waals surface area contributed by atoms with Gasteiger partial charge in [0.2, 0.25) is 0 Å². The second-order valence-corrected chi connectivity index (χ2v) is 7.73. The van der Waals surface area contributed by atoms with Crippen LogP contribution in [0.15, 0.2) is 35.4 Å². The second-order valence-electron chi connectivity index (χ2n) is 7.73. The van der Waals surface area contributed by atoms with Crippen LogP contribution < -0.4 is 5.43 Å². The summed E-state index contributed by atoms with van der Waals surface area (Å²) in [6.45, 7) is 7.18. The lowest BCUT2D eigenvalue weighted by Crippen LogP contribution is -2.59. The first-order valence-electron chi connectivity index (χ1n) is 8.99. The third kappa shape index (κ3) is 3.76. The molecule has 3 aliphatic rings. The lowest BCUT2D eigenvalue weighted by molar-refractivity contribution is -0.231. The molecule has 8 heteroatoms. The SMILES string of the molecule is CC1(C)O[C@@H]2O[C@@H](C(=O)N/N=C\c3ccccc3)[C@H]3OC(C)(C)O[C@@H]3[C@H]2O1. The summed E-state index contributed by atoms with van der Waals surface area (Å²) in [5.41, 5.74) is 3.39. The van der Waals surface area contributed by atoms with E-state index in [1.165, 1.54) is 0 Å². The molecule has 3 heterocycles. The van der Waals surface area contributed by atoms with Gasteiger partial charge in [0.25, 0.3) is 5.91 Å². The van der Waals surface area contributed by atoms with Crippen LogP contribution in [0.3, 0.4) is 0 Å². The molecule has 1 aromatic rings. The van der Waals surface area contributed by atoms with E-state index in [1.54, 1.807) is 33.9 Å². The minimum absolute atomic E-state index is 0.426. The summed E-state index contributed by atoms with van der Waals surface area (Å²) >= 11 is 0. The van der Waals surface area contributed by atoms with E-state index in [9.17, 15) is 4.79 Å². The van der Waals surface area contributed by atoms with E-state index in [2.05, 4.69) is 10.5 Å². The molecule has 3 fully saturated rings. The summed E-state index contributed by atoms with van der Waals surface area (Å²) in [7, 11) is 0. The summed E-state index contributed by atoms with van der Waals surface area (Å²) in [5.74, 6) is -2.10. The quantitative estimate of drug-likeness (QED) is 0.636. The number of ether oxygens (including phenoxy) is 5. The molecule has 1 amide bonds. The standard InChI is InChI=1S/C19H24N2O6/c1-18(2)24-12-13(25-18)15-17(27-19(3,4)26-15)23-14(12)16(22)21-20-10-11-8-6-5-7-9-11/h5-10,12-15,17H,1-4H3,(H,21,22)/b20-10-/t12-,13-,14+,15+,17-/m0/s1. The Morgan fingerprint density at radius 1 is 0.963 bits per heavy atom. The highest BCUT2D eigenvalue weighted by Gasteiger charge is 2.62. The van der Waals surface area contributed by atoms with Gasteiger partial charge in [0, 0.05) is 0 Å². The number of carbonyl (C=O) groups is 1. The van der Waals surface area contributed by atoms with Gasteiger partial charge < -0.3 is 23.7 Å². The molecule has 5 atom stereocenters. The molecule has 3 saturated heterocycles. The molecule has 0 aromatic heterocycles. The second kappa shape index (κ2) is 6.65. The van der Waals surface area contributed by atoms with Gasteiger partial charge in [-0.05, 0) is 33.3 Å². The number of rotatable bonds is 3. The van der Waals surface area contributed by atoms with E-state index in [-0.39, 0.29) is 0 Å². The van der Waals surface area contributed by atoms with E-state index < -0.39 is 48.2 Å². The van der Waals surface area contributed by atoms with Gasteiger partial charge in [-0.25, -0.2) is 5.43 Å². The average molecular weight is 376 g/mol. The molecule has 8 nitrogen and oxygen atoms in total. The Morgan fingerprint density at radius 2 is 1.59 bits per heavy atom. The van der Waals surface area contributed by atoms with Crippen molar-refractivity contribution >= 4 is 12.1 Å². The number of hydrogen-bond acceptors (Lipinski definition) is 7. The van der Waals surface area contributed by atoms with Crippen LogP contribution in [-0.4, -0.2) is 54.4 Å². The zero-order valence-electron chi connectivity index (χ0n) is 15.7. The number of hydrazone groups is 1. The van der Waals surface area contributed by atoms with Crippen LogP contribution in [0, 0.1) is 0 Å². The molecule has 1 N–H and O–H groups in total. The summed E-state index contributed by atoms with van der Waals surface area (Å²) in [6, 6.07) is 9.46. The first kappa shape index (κ1) is 18.5. The van der Waals surface area contributed by atoms with Crippen molar-refractivity contribution in [3.05, 3.63) is 35.9 Å². The maximum absolute atomic E-state index is 12.7. The van der Waals surface area contributed by atoms with Crippen molar-refractivity contribution in [2.75, 3.05) is 0 Å². The van der Waals surface area contributed by atoms with Crippen molar-refractivity contribution in [3.63, 3.8) is 0 Å². The Kier molecular flexibility index (Phi) is 4.56. The molecule has 146 valence electrons. The third-order valence-electron chi connectivity index (χ3n) is 4.60. The van der Waals surface area contributed by atoms with Gasteiger partial charge in [0.05, 0.1) is 6.21 Å². The lowest BCUT2D eigenvalue weighted by atomic mass is 9.98. The molecule has 1 aromatic carbocycles. The van der Waals surface area contributed by atoms with E-state index in [1.807, 2.05) is 30.3 Å². The zero-order valence-corrected chi connectivity index (χ0v) is 15.7. The fraction of sp³-hybridized carbons (Fsp3) is 0.579. The average Bonchev–Trinajstić information content (AvgIpc) is 3.09. The molecule has 27 heavy (non-hydrogen) atoms. The van der Waals surface area contributed by atoms with Crippen molar-refractivity contribution < 1.29 is 28.5 Å². The smallest absolute Gasteiger partial charge is 0.272 e. The zero-order chi connectivity index (χ0) is 19.2. The molecule has 0 aliphatic carbocycles. The van der Waals surface area contributed by atoms with Crippen molar-refractivity contribution in [1.29, 1.82) is 0 Å². The Balaban J connectivity index is 1.49. The Morgan fingerprint density at radius 3 is 2.33 bits per heavy atom. The van der Waals surface area contributed by atoms with Gasteiger partial charge in [0.15, 0.2) is 24.0 Å². The predicted octanol–water partition coefficient (Wildman–Crippen LogP) is 1.53. The Labute approximate surface area is 157 Å². The highest BCUT2D eigenvalue weighted by atomic mass is 16.9. The topological polar surface area (TPSA) is 87.6 Å². The monoisotopic (exact) mass is 376 g/mol. The summed E-state index contributed by atoms with van der Waals surface area (Å²) in [6.07, 6.45) is -1.64. The fourth-order valence-electron chi connectivity index (χ4n) is 3.60. The third-order valence-corrected chi connectivity index (χ3v) is 4.60. The molecular formula is C19H24N2O6. The molecule has 0 spiro atoms. The number of carbonyl (C=O) groups excluding carboxylic acids is 1. The van der Waals surface area contributed by atoms with E-state index in [4.69, 9.17) is 23.7 Å². The molecule has 0 radical (unpaired) electrons. The predicted molar refractivity (Wildman–Crippen MR) is 94.7 cm³/mol. The first-order valence-corrected chi connectivity index (χ1v) is 8.99. The number of nitrogens with one attached hydrogen (secondary N) is 1. The van der Waals surface area contributed by atoms with E-state index in [0.29, 0.717) is 0 Å². The number of hydrogen-bond donors (Lipinski definition) is 1. The van der Waals surface area contributed by atoms with Crippen LogP contribution in [0.25, 0.3) is 0 Å². The lowest BCUT2D eigenvalue weighted by Gasteiger charge is -2.36. The number of amides is 1. The van der Waals surface area contributed by atoms with Crippen molar-refractivity contribution in [1.82, 2.24) is 5.43 Å². The molecule has 0 bridgehead atoms. The Bertz CT molecular complexity index is 735. The molecule has 3 aliphatic heterocycles. The van der Waals surface area contributed by atoms with Gasteiger partial charge in [0.1, 0.15) is 18.3 Å². The molecular weight excluding hydrogens is 352 g/mol. The maximum Gasteiger partial charge on any atom is 0.272 e. The van der Waals surface area contributed by atoms with Crippen molar-refractivity contribution in [3.8, 4) is 0 Å². The van der Waals surface area contributed by atoms with Crippen LogP contribution in [-0.2, 0) is 28.5 Å². The highest BCUT2D eigenvalue weighted by Crippen LogP contribution is 2.44. The van der Waals surface area contributed by atoms with E-state index >= 15 is 0 Å². The van der Waals surface area contributed by atoms with Gasteiger partial charge in [-0.3, -0.25) is 4.79 Å². The summed E-state index contributed by atoms with van der Waals surface area (Å²) in [4.78, 5) is 12.7. The van der Waals surface area contributed by atoms with Crippen LogP contribution in [0.4, 0.5) is 0 Å². The van der Waals surface area contributed by atoms with Gasteiger partial charge in [-0.15, -0.1) is 0 Å². The molecule has 0 saturated carbocycles. The van der Waals surface area contributed by atoms with Crippen LogP contribution >= 0.6 is 0 Å². The minimum Gasteiger partial charge on any atom is -0.342 e. The molecule has 0 unspecified atom stereocenters. The highest BCUT2D eigenvalue weighted by molar-refractivity contribution is 5.85. The largest absolute Gasteiger partial charge is 0.342 e. The Hall–Kier alpha value is -1.84. The fourth-order valence-corrected chi connectivity index (χ4v) is 3.60. The first-order chi connectivity index (χ1) is 12.7. The number of benzene rings is 1. The maximum atomic E-state index is 12.7. The molecule has 4 rings (SSSR count). The summed E-state index contributed by atoms with van der Waals surface area (Å²) in [5, 5.41) is 4.01. The normalized spacial score (nSPS) is 36.4. The van der Waals surface area contributed by atoms with Crippen molar-refractivity contribution in [2.45, 2.75) is 70.0 Å². The number of nitrogens with zero attached hydrogens (tertiary/aromatic N) is 1. The van der Waals surface area contributed by atoms with Gasteiger partial charge >= 0.3 is 0 Å². The van der Waals surface area contributed by atoms with Crippen LogP contribution in [0.1, 0.15) is 33.3 Å². The van der Waals surface area contributed by atoms with Crippen LogP contribution in [0.5, 0.6) is 0 Å². The van der Waals surface area contributed by atoms with Crippen molar-refractivity contribution in [2.24, 2.45) is 5.10 Å². The van der Waals surface area contributed by atoms with E-state index in [0.717, 1.165) is 5.56 Å². The number of fused-ring (bicyclic) bond motifs is 3. The minimum atomic E-state index is -0.927.